The summed E-state index contributed by atoms with van der Waals surface area (Å²) in [6, 6.07) is 16.7. The van der Waals surface area contributed by atoms with Crippen LogP contribution < -0.4 is 5.32 Å². The number of fused-ring (bicyclic) bond motifs is 1. The van der Waals surface area contributed by atoms with Crippen molar-refractivity contribution in [3.63, 3.8) is 0 Å². The molecule has 6 heteroatoms. The van der Waals surface area contributed by atoms with Crippen molar-refractivity contribution in [3.05, 3.63) is 71.8 Å². The lowest BCUT2D eigenvalue weighted by Gasteiger charge is -2.06. The minimum atomic E-state index is -0.447. The third-order valence-corrected chi connectivity index (χ3v) is 5.02. The number of hydrogen-bond donors (Lipinski definition) is 1. The highest BCUT2D eigenvalue weighted by Gasteiger charge is 2.11. The predicted octanol–water partition coefficient (Wildman–Crippen LogP) is 5.89. The molecular formula is C18H11ClFN3S. The normalized spacial score (nSPS) is 10.9. The van der Waals surface area contributed by atoms with Crippen LogP contribution in [-0.4, -0.2) is 9.97 Å². The zero-order chi connectivity index (χ0) is 16.5. The van der Waals surface area contributed by atoms with Gasteiger partial charge in [-0.25, -0.2) is 14.4 Å². The maximum atomic E-state index is 13.3. The van der Waals surface area contributed by atoms with Gasteiger partial charge in [0, 0.05) is 10.6 Å². The molecule has 0 aliphatic rings. The quantitative estimate of drug-likeness (QED) is 0.497. The van der Waals surface area contributed by atoms with Crippen LogP contribution in [0, 0.1) is 5.82 Å². The Bertz CT molecular complexity index is 1020. The molecule has 4 rings (SSSR count). The molecule has 0 fully saturated rings. The van der Waals surface area contributed by atoms with Crippen LogP contribution in [0.4, 0.5) is 15.9 Å². The lowest BCUT2D eigenvalue weighted by atomic mass is 10.2. The standard InChI is InChI=1S/C18H11ClFN3S/c19-13-8-12(6-7-14(13)20)23-18-17-15(21-10-22-18)9-16(24-17)11-4-2-1-3-5-11/h1-10H,(H,21,22,23). The van der Waals surface area contributed by atoms with Crippen LogP contribution in [0.2, 0.25) is 5.02 Å². The summed E-state index contributed by atoms with van der Waals surface area (Å²) in [7, 11) is 0. The summed E-state index contributed by atoms with van der Waals surface area (Å²) in [6.45, 7) is 0. The molecule has 0 amide bonds. The first-order valence-corrected chi connectivity index (χ1v) is 8.42. The van der Waals surface area contributed by atoms with Gasteiger partial charge in [0.1, 0.15) is 12.1 Å². The third-order valence-electron chi connectivity index (χ3n) is 3.55. The monoisotopic (exact) mass is 355 g/mol. The van der Waals surface area contributed by atoms with Gasteiger partial charge in [-0.1, -0.05) is 41.9 Å². The van der Waals surface area contributed by atoms with Gasteiger partial charge in [-0.15, -0.1) is 11.3 Å². The number of halogens is 2. The number of anilines is 2. The van der Waals surface area contributed by atoms with E-state index in [9.17, 15) is 4.39 Å². The summed E-state index contributed by atoms with van der Waals surface area (Å²) >= 11 is 7.45. The second-order valence-electron chi connectivity index (χ2n) is 5.17. The van der Waals surface area contributed by atoms with E-state index in [0.29, 0.717) is 11.5 Å². The van der Waals surface area contributed by atoms with Gasteiger partial charge in [0.05, 0.1) is 15.2 Å². The summed E-state index contributed by atoms with van der Waals surface area (Å²) in [5.41, 5.74) is 2.68. The highest BCUT2D eigenvalue weighted by Crippen LogP contribution is 2.36. The molecule has 3 nitrogen and oxygen atoms in total. The molecule has 4 aromatic rings. The highest BCUT2D eigenvalue weighted by molar-refractivity contribution is 7.22. The molecule has 24 heavy (non-hydrogen) atoms. The van der Waals surface area contributed by atoms with Crippen molar-refractivity contribution < 1.29 is 4.39 Å². The molecule has 0 aliphatic carbocycles. The van der Waals surface area contributed by atoms with Gasteiger partial charge in [0.15, 0.2) is 5.82 Å². The summed E-state index contributed by atoms with van der Waals surface area (Å²) in [6.07, 6.45) is 1.51. The number of hydrogen-bond acceptors (Lipinski definition) is 4. The van der Waals surface area contributed by atoms with E-state index < -0.39 is 5.82 Å². The number of nitrogens with one attached hydrogen (secondary N) is 1. The highest BCUT2D eigenvalue weighted by atomic mass is 35.5. The van der Waals surface area contributed by atoms with Crippen molar-refractivity contribution in [1.82, 2.24) is 9.97 Å². The lowest BCUT2D eigenvalue weighted by Crippen LogP contribution is -1.94. The van der Waals surface area contributed by atoms with Crippen LogP contribution in [0.5, 0.6) is 0 Å². The topological polar surface area (TPSA) is 37.8 Å². The van der Waals surface area contributed by atoms with Crippen LogP contribution in [-0.2, 0) is 0 Å². The Labute approximate surface area is 146 Å². The molecule has 0 unspecified atom stereocenters. The predicted molar refractivity (Wildman–Crippen MR) is 97.5 cm³/mol. The number of nitrogens with zero attached hydrogens (tertiary/aromatic N) is 2. The van der Waals surface area contributed by atoms with Gasteiger partial charge >= 0.3 is 0 Å². The molecule has 0 aliphatic heterocycles. The van der Waals surface area contributed by atoms with Gasteiger partial charge in [0.2, 0.25) is 0 Å². The van der Waals surface area contributed by atoms with Crippen molar-refractivity contribution in [2.75, 3.05) is 5.32 Å². The molecule has 2 heterocycles. The molecule has 0 atom stereocenters. The SMILES string of the molecule is Fc1ccc(Nc2ncnc3cc(-c4ccccc4)sc23)cc1Cl. The van der Waals surface area contributed by atoms with Crippen LogP contribution in [0.25, 0.3) is 20.7 Å². The van der Waals surface area contributed by atoms with Gasteiger partial charge in [-0.3, -0.25) is 0 Å². The number of rotatable bonds is 3. The van der Waals surface area contributed by atoms with Gasteiger partial charge in [-0.2, -0.15) is 0 Å². The number of thiophene rings is 1. The van der Waals surface area contributed by atoms with E-state index in [0.717, 1.165) is 20.7 Å². The smallest absolute Gasteiger partial charge is 0.151 e. The zero-order valence-corrected chi connectivity index (χ0v) is 13.9. The molecule has 0 radical (unpaired) electrons. The minimum Gasteiger partial charge on any atom is -0.339 e. The lowest BCUT2D eigenvalue weighted by molar-refractivity contribution is 0.628. The Morgan fingerprint density at radius 1 is 1.00 bits per heavy atom. The molecule has 1 N–H and O–H groups in total. The molecule has 2 aromatic heterocycles. The fraction of sp³-hybridized carbons (Fsp3) is 0. The average Bonchev–Trinajstić information content (AvgIpc) is 3.04. The largest absolute Gasteiger partial charge is 0.339 e. The van der Waals surface area contributed by atoms with Gasteiger partial charge in [-0.05, 0) is 29.8 Å². The maximum absolute atomic E-state index is 13.3. The minimum absolute atomic E-state index is 0.0708. The van der Waals surface area contributed by atoms with E-state index >= 15 is 0 Å². The second-order valence-corrected chi connectivity index (χ2v) is 6.63. The Balaban J connectivity index is 1.76. The molecule has 0 bridgehead atoms. The van der Waals surface area contributed by atoms with E-state index in [1.54, 1.807) is 17.4 Å². The molecule has 0 spiro atoms. The summed E-state index contributed by atoms with van der Waals surface area (Å²) < 4.78 is 14.2. The first-order valence-electron chi connectivity index (χ1n) is 7.23. The van der Waals surface area contributed by atoms with E-state index in [1.165, 1.54) is 18.5 Å². The Kier molecular flexibility index (Phi) is 3.88. The fourth-order valence-electron chi connectivity index (χ4n) is 2.40. The first-order chi connectivity index (χ1) is 11.7. The second kappa shape index (κ2) is 6.19. The Morgan fingerprint density at radius 2 is 1.83 bits per heavy atom. The van der Waals surface area contributed by atoms with E-state index in [-0.39, 0.29) is 5.02 Å². The van der Waals surface area contributed by atoms with Crippen LogP contribution in [0.3, 0.4) is 0 Å². The van der Waals surface area contributed by atoms with Crippen molar-refractivity contribution in [2.45, 2.75) is 0 Å². The van der Waals surface area contributed by atoms with E-state index in [1.807, 2.05) is 24.3 Å². The molecule has 2 aromatic carbocycles. The fourth-order valence-corrected chi connectivity index (χ4v) is 3.64. The maximum Gasteiger partial charge on any atom is 0.151 e. The van der Waals surface area contributed by atoms with Crippen LogP contribution in [0.1, 0.15) is 0 Å². The van der Waals surface area contributed by atoms with Crippen molar-refractivity contribution in [2.24, 2.45) is 0 Å². The number of aromatic nitrogens is 2. The zero-order valence-electron chi connectivity index (χ0n) is 12.3. The summed E-state index contributed by atoms with van der Waals surface area (Å²) in [5, 5.41) is 3.26. The van der Waals surface area contributed by atoms with Crippen molar-refractivity contribution in [3.8, 4) is 10.4 Å². The van der Waals surface area contributed by atoms with Crippen molar-refractivity contribution in [1.29, 1.82) is 0 Å². The van der Waals surface area contributed by atoms with E-state index in [2.05, 4.69) is 27.4 Å². The molecule has 118 valence electrons. The van der Waals surface area contributed by atoms with Crippen molar-refractivity contribution >= 4 is 44.7 Å². The number of benzene rings is 2. The van der Waals surface area contributed by atoms with Gasteiger partial charge < -0.3 is 5.32 Å². The Hall–Kier alpha value is -2.50. The van der Waals surface area contributed by atoms with E-state index in [4.69, 9.17) is 11.6 Å². The molecular weight excluding hydrogens is 345 g/mol. The summed E-state index contributed by atoms with van der Waals surface area (Å²) in [5.74, 6) is 0.229. The third kappa shape index (κ3) is 2.84. The average molecular weight is 356 g/mol. The summed E-state index contributed by atoms with van der Waals surface area (Å²) in [4.78, 5) is 9.76. The Morgan fingerprint density at radius 3 is 2.62 bits per heavy atom. The molecule has 0 saturated carbocycles. The first kappa shape index (κ1) is 15.1. The van der Waals surface area contributed by atoms with Crippen LogP contribution >= 0.6 is 22.9 Å². The van der Waals surface area contributed by atoms with Crippen LogP contribution in [0.15, 0.2) is 60.9 Å². The van der Waals surface area contributed by atoms with Gasteiger partial charge in [0.25, 0.3) is 0 Å². The molecule has 0 saturated heterocycles.